The number of fused-ring (bicyclic) bond motifs is 1. The number of aromatic nitrogens is 2. The molecule has 0 aliphatic carbocycles. The van der Waals surface area contributed by atoms with Crippen molar-refractivity contribution in [1.82, 2.24) is 19.8 Å². The minimum absolute atomic E-state index is 0.119. The van der Waals surface area contributed by atoms with Gasteiger partial charge in [-0.3, -0.25) is 0 Å². The average Bonchev–Trinajstić information content (AvgIpc) is 2.99. The molecule has 6 nitrogen and oxygen atoms in total. The van der Waals surface area contributed by atoms with Crippen molar-refractivity contribution < 1.29 is 22.7 Å². The van der Waals surface area contributed by atoms with Crippen LogP contribution in [0.4, 0.5) is 18.0 Å². The largest absolute Gasteiger partial charge is 0.434 e. The standard InChI is InChI=1S/C16H23F3N4O2/c1-22(15(24)20-12-4-6-25-7-5-12)8-11-2-3-14-21-13(16(17,18)19)10-23(14)9-11/h10-12H,2-9H2,1H3,(H,20,24). The Morgan fingerprint density at radius 3 is 2.80 bits per heavy atom. The Balaban J connectivity index is 1.53. The Bertz CT molecular complexity index is 611. The van der Waals surface area contributed by atoms with Crippen LogP contribution in [-0.2, 0) is 23.9 Å². The van der Waals surface area contributed by atoms with E-state index in [4.69, 9.17) is 4.74 Å². The molecule has 1 unspecified atom stereocenters. The van der Waals surface area contributed by atoms with Crippen molar-refractivity contribution in [2.75, 3.05) is 26.8 Å². The molecule has 2 aliphatic heterocycles. The molecule has 0 radical (unpaired) electrons. The van der Waals surface area contributed by atoms with Crippen molar-refractivity contribution in [2.45, 2.75) is 44.4 Å². The van der Waals surface area contributed by atoms with Crippen molar-refractivity contribution >= 4 is 6.03 Å². The quantitative estimate of drug-likeness (QED) is 0.900. The number of imidazole rings is 1. The Hall–Kier alpha value is -1.77. The van der Waals surface area contributed by atoms with Gasteiger partial charge in [-0.25, -0.2) is 9.78 Å². The van der Waals surface area contributed by atoms with Crippen LogP contribution in [0.15, 0.2) is 6.20 Å². The Labute approximate surface area is 144 Å². The first-order valence-corrected chi connectivity index (χ1v) is 8.55. The first-order chi connectivity index (χ1) is 11.8. The zero-order chi connectivity index (χ0) is 18.0. The molecule has 2 aliphatic rings. The normalized spacial score (nSPS) is 21.7. The third-order valence-corrected chi connectivity index (χ3v) is 4.81. The molecule has 0 bridgehead atoms. The van der Waals surface area contributed by atoms with Gasteiger partial charge in [0.2, 0.25) is 0 Å². The van der Waals surface area contributed by atoms with E-state index in [1.54, 1.807) is 16.5 Å². The number of ether oxygens (including phenoxy) is 1. The second kappa shape index (κ2) is 7.23. The SMILES string of the molecule is CN(CC1CCc2nc(C(F)(F)F)cn2C1)C(=O)NC1CCOCC1. The Morgan fingerprint density at radius 2 is 2.12 bits per heavy atom. The molecule has 9 heteroatoms. The summed E-state index contributed by atoms with van der Waals surface area (Å²) < 4.78 is 45.1. The zero-order valence-corrected chi connectivity index (χ0v) is 14.2. The lowest BCUT2D eigenvalue weighted by Crippen LogP contribution is -2.47. The van der Waals surface area contributed by atoms with Crippen LogP contribution in [0.25, 0.3) is 0 Å². The summed E-state index contributed by atoms with van der Waals surface area (Å²) in [5, 5.41) is 2.99. The van der Waals surface area contributed by atoms with E-state index >= 15 is 0 Å². The van der Waals surface area contributed by atoms with Crippen LogP contribution >= 0.6 is 0 Å². The maximum Gasteiger partial charge on any atom is 0.434 e. The van der Waals surface area contributed by atoms with Crippen molar-refractivity contribution in [2.24, 2.45) is 5.92 Å². The van der Waals surface area contributed by atoms with Gasteiger partial charge in [0.1, 0.15) is 5.82 Å². The van der Waals surface area contributed by atoms with Gasteiger partial charge in [-0.2, -0.15) is 13.2 Å². The lowest BCUT2D eigenvalue weighted by molar-refractivity contribution is -0.141. The summed E-state index contributed by atoms with van der Waals surface area (Å²) in [5.74, 6) is 0.589. The maximum absolute atomic E-state index is 12.8. The van der Waals surface area contributed by atoms with E-state index in [2.05, 4.69) is 10.3 Å². The van der Waals surface area contributed by atoms with E-state index in [-0.39, 0.29) is 18.0 Å². The zero-order valence-electron chi connectivity index (χ0n) is 14.2. The first kappa shape index (κ1) is 18.0. The minimum atomic E-state index is -4.42. The monoisotopic (exact) mass is 360 g/mol. The van der Waals surface area contributed by atoms with Gasteiger partial charge in [-0.05, 0) is 25.2 Å². The van der Waals surface area contributed by atoms with E-state index in [0.717, 1.165) is 25.5 Å². The average molecular weight is 360 g/mol. The second-order valence-corrected chi connectivity index (χ2v) is 6.81. The van der Waals surface area contributed by atoms with Gasteiger partial charge in [0.15, 0.2) is 5.69 Å². The van der Waals surface area contributed by atoms with Crippen molar-refractivity contribution in [3.8, 4) is 0 Å². The number of urea groups is 1. The summed E-state index contributed by atoms with van der Waals surface area (Å²) in [4.78, 5) is 17.6. The lowest BCUT2D eigenvalue weighted by atomic mass is 9.99. The highest BCUT2D eigenvalue weighted by Crippen LogP contribution is 2.30. The third-order valence-electron chi connectivity index (χ3n) is 4.81. The van der Waals surface area contributed by atoms with Crippen LogP contribution in [-0.4, -0.2) is 53.3 Å². The number of nitrogens with one attached hydrogen (secondary N) is 1. The van der Waals surface area contributed by atoms with Crippen molar-refractivity contribution in [3.05, 3.63) is 17.7 Å². The number of nitrogens with zero attached hydrogens (tertiary/aromatic N) is 3. The molecular formula is C16H23F3N4O2. The highest BCUT2D eigenvalue weighted by Gasteiger charge is 2.36. The molecule has 3 rings (SSSR count). The van der Waals surface area contributed by atoms with E-state index in [9.17, 15) is 18.0 Å². The van der Waals surface area contributed by atoms with Crippen LogP contribution < -0.4 is 5.32 Å². The van der Waals surface area contributed by atoms with Crippen LogP contribution in [0.5, 0.6) is 0 Å². The fraction of sp³-hybridized carbons (Fsp3) is 0.750. The molecule has 1 saturated heterocycles. The van der Waals surface area contributed by atoms with Crippen molar-refractivity contribution in [1.29, 1.82) is 0 Å². The molecule has 1 aromatic rings. The van der Waals surface area contributed by atoms with Gasteiger partial charge in [-0.1, -0.05) is 0 Å². The molecular weight excluding hydrogens is 337 g/mol. The van der Waals surface area contributed by atoms with Gasteiger partial charge < -0.3 is 19.5 Å². The number of aryl methyl sites for hydroxylation is 1. The molecule has 3 heterocycles. The summed E-state index contributed by atoms with van der Waals surface area (Å²) >= 11 is 0. The fourth-order valence-electron chi connectivity index (χ4n) is 3.40. The van der Waals surface area contributed by atoms with Crippen molar-refractivity contribution in [3.63, 3.8) is 0 Å². The molecule has 1 atom stereocenters. The van der Waals surface area contributed by atoms with Gasteiger partial charge >= 0.3 is 12.2 Å². The van der Waals surface area contributed by atoms with Crippen LogP contribution in [0.3, 0.4) is 0 Å². The highest BCUT2D eigenvalue weighted by atomic mass is 19.4. The Morgan fingerprint density at radius 1 is 1.40 bits per heavy atom. The summed E-state index contributed by atoms with van der Waals surface area (Å²) in [7, 11) is 1.72. The number of carbonyl (C=O) groups excluding carboxylic acids is 1. The molecule has 1 N–H and O–H groups in total. The number of hydrogen-bond acceptors (Lipinski definition) is 3. The van der Waals surface area contributed by atoms with E-state index in [1.807, 2.05) is 0 Å². The smallest absolute Gasteiger partial charge is 0.381 e. The molecule has 0 aromatic carbocycles. The molecule has 0 spiro atoms. The van der Waals surface area contributed by atoms with E-state index < -0.39 is 11.9 Å². The highest BCUT2D eigenvalue weighted by molar-refractivity contribution is 5.74. The maximum atomic E-state index is 12.8. The number of hydrogen-bond donors (Lipinski definition) is 1. The molecule has 0 saturated carbocycles. The molecule has 2 amide bonds. The molecule has 140 valence electrons. The second-order valence-electron chi connectivity index (χ2n) is 6.81. The number of halogens is 3. The van der Waals surface area contributed by atoms with Gasteiger partial charge in [0.25, 0.3) is 0 Å². The number of amides is 2. The van der Waals surface area contributed by atoms with Gasteiger partial charge in [0, 0.05) is 52.0 Å². The number of carbonyl (C=O) groups is 1. The predicted octanol–water partition coefficient (Wildman–Crippen LogP) is 2.28. The summed E-state index contributed by atoms with van der Waals surface area (Å²) in [6.45, 7) is 2.27. The van der Waals surface area contributed by atoms with Gasteiger partial charge in [-0.15, -0.1) is 0 Å². The molecule has 25 heavy (non-hydrogen) atoms. The summed E-state index contributed by atoms with van der Waals surface area (Å²) in [6.07, 6.45) is -0.508. The Kier molecular flexibility index (Phi) is 5.21. The summed E-state index contributed by atoms with van der Waals surface area (Å²) in [5.41, 5.74) is -0.839. The van der Waals surface area contributed by atoms with Gasteiger partial charge in [0.05, 0.1) is 0 Å². The van der Waals surface area contributed by atoms with E-state index in [1.165, 1.54) is 0 Å². The molecule has 1 fully saturated rings. The predicted molar refractivity (Wildman–Crippen MR) is 84.0 cm³/mol. The van der Waals surface area contributed by atoms with Crippen LogP contribution in [0.1, 0.15) is 30.8 Å². The van der Waals surface area contributed by atoms with Crippen LogP contribution in [0.2, 0.25) is 0 Å². The minimum Gasteiger partial charge on any atom is -0.381 e. The lowest BCUT2D eigenvalue weighted by Gasteiger charge is -2.30. The topological polar surface area (TPSA) is 59.4 Å². The fourth-order valence-corrected chi connectivity index (χ4v) is 3.40. The summed E-state index contributed by atoms with van der Waals surface area (Å²) in [6, 6.07) is -0.0102. The molecule has 1 aromatic heterocycles. The first-order valence-electron chi connectivity index (χ1n) is 8.55. The van der Waals surface area contributed by atoms with Crippen LogP contribution in [0, 0.1) is 5.92 Å². The number of rotatable bonds is 3. The van der Waals surface area contributed by atoms with E-state index in [0.29, 0.717) is 38.5 Å². The third kappa shape index (κ3) is 4.45. The number of alkyl halides is 3.